The molecule has 1 amide bonds. The van der Waals surface area contributed by atoms with Crippen molar-refractivity contribution in [1.82, 2.24) is 4.90 Å². The summed E-state index contributed by atoms with van der Waals surface area (Å²) >= 11 is 0. The number of likely N-dealkylation sites (tertiary alicyclic amines) is 1. The Hall–Kier alpha value is -1.06. The van der Waals surface area contributed by atoms with Crippen LogP contribution in [-0.2, 0) is 14.3 Å². The lowest BCUT2D eigenvalue weighted by atomic mass is 9.99. The zero-order chi connectivity index (χ0) is 15.7. The molecule has 1 heterocycles. The van der Waals surface area contributed by atoms with Gasteiger partial charge in [-0.3, -0.25) is 9.59 Å². The zero-order valence-electron chi connectivity index (χ0n) is 13.9. The minimum atomic E-state index is -0.231. The van der Waals surface area contributed by atoms with Crippen LogP contribution in [0.3, 0.4) is 0 Å². The lowest BCUT2D eigenvalue weighted by Crippen LogP contribution is -2.32. The Morgan fingerprint density at radius 2 is 2.00 bits per heavy atom. The largest absolute Gasteiger partial charge is 0.460 e. The van der Waals surface area contributed by atoms with Crippen LogP contribution in [0.25, 0.3) is 0 Å². The second-order valence-corrected chi connectivity index (χ2v) is 6.13. The van der Waals surface area contributed by atoms with Crippen molar-refractivity contribution in [2.24, 2.45) is 5.92 Å². The van der Waals surface area contributed by atoms with E-state index in [1.165, 1.54) is 19.3 Å². The third kappa shape index (κ3) is 6.49. The molecule has 0 aromatic carbocycles. The summed E-state index contributed by atoms with van der Waals surface area (Å²) in [4.78, 5) is 25.6. The lowest BCUT2D eigenvalue weighted by Gasteiger charge is -2.23. The van der Waals surface area contributed by atoms with E-state index >= 15 is 0 Å². The van der Waals surface area contributed by atoms with Crippen molar-refractivity contribution in [2.75, 3.05) is 13.1 Å². The molecule has 0 spiro atoms. The molecule has 1 fully saturated rings. The number of carbonyl (C=O) groups excluding carboxylic acids is 2. The summed E-state index contributed by atoms with van der Waals surface area (Å²) in [6, 6.07) is 0. The number of hydrogen-bond acceptors (Lipinski definition) is 3. The molecule has 1 aliphatic rings. The number of unbranched alkanes of at least 4 members (excludes halogenated alkanes) is 2. The fraction of sp³-hybridized carbons (Fsp3) is 0.882. The van der Waals surface area contributed by atoms with E-state index in [0.29, 0.717) is 25.3 Å². The fourth-order valence-electron chi connectivity index (χ4n) is 2.79. The Balaban J connectivity index is 2.37. The van der Waals surface area contributed by atoms with Crippen molar-refractivity contribution in [3.05, 3.63) is 0 Å². The Labute approximate surface area is 129 Å². The lowest BCUT2D eigenvalue weighted by molar-refractivity contribution is -0.148. The minimum Gasteiger partial charge on any atom is -0.460 e. The van der Waals surface area contributed by atoms with Gasteiger partial charge in [0.1, 0.15) is 6.10 Å². The maximum absolute atomic E-state index is 12.0. The fourth-order valence-corrected chi connectivity index (χ4v) is 2.79. The summed E-state index contributed by atoms with van der Waals surface area (Å²) in [5, 5.41) is 0. The van der Waals surface area contributed by atoms with Gasteiger partial charge in [0, 0.05) is 13.0 Å². The molecule has 1 rings (SSSR count). The summed E-state index contributed by atoms with van der Waals surface area (Å²) < 4.78 is 5.41. The Bertz CT molecular complexity index is 330. The minimum absolute atomic E-state index is 0.137. The highest BCUT2D eigenvalue weighted by atomic mass is 16.5. The molecule has 0 saturated carbocycles. The van der Waals surface area contributed by atoms with Crippen LogP contribution < -0.4 is 0 Å². The molecule has 0 aromatic heterocycles. The first-order chi connectivity index (χ1) is 10.1. The highest BCUT2D eigenvalue weighted by Crippen LogP contribution is 2.20. The quantitative estimate of drug-likeness (QED) is 0.579. The van der Waals surface area contributed by atoms with Gasteiger partial charge < -0.3 is 9.64 Å². The van der Waals surface area contributed by atoms with Gasteiger partial charge in [-0.1, -0.05) is 46.5 Å². The van der Waals surface area contributed by atoms with E-state index in [0.717, 1.165) is 25.8 Å². The number of esters is 1. The van der Waals surface area contributed by atoms with E-state index in [1.54, 1.807) is 0 Å². The van der Waals surface area contributed by atoms with Gasteiger partial charge in [-0.15, -0.1) is 0 Å². The number of amides is 1. The smallest absolute Gasteiger partial charge is 0.306 e. The number of nitrogens with zero attached hydrogens (tertiary/aromatic N) is 1. The molecule has 1 aliphatic heterocycles. The highest BCUT2D eigenvalue weighted by Gasteiger charge is 2.32. The first-order valence-electron chi connectivity index (χ1n) is 8.57. The van der Waals surface area contributed by atoms with Gasteiger partial charge in [0.2, 0.25) is 5.91 Å². The predicted octanol–water partition coefficient (Wildman–Crippen LogP) is 3.54. The Morgan fingerprint density at radius 1 is 1.29 bits per heavy atom. The molecular weight excluding hydrogens is 266 g/mol. The Kier molecular flexibility index (Phi) is 8.40. The number of hydrogen-bond donors (Lipinski definition) is 0. The molecular formula is C17H31NO3. The number of ether oxygens (including phenoxy) is 1. The zero-order valence-corrected chi connectivity index (χ0v) is 13.9. The van der Waals surface area contributed by atoms with E-state index < -0.39 is 0 Å². The Morgan fingerprint density at radius 3 is 2.62 bits per heavy atom. The normalized spacial score (nSPS) is 19.9. The molecule has 4 nitrogen and oxygen atoms in total. The molecule has 0 aliphatic carbocycles. The van der Waals surface area contributed by atoms with E-state index in [2.05, 4.69) is 20.8 Å². The van der Waals surface area contributed by atoms with Crippen LogP contribution in [0, 0.1) is 5.92 Å². The van der Waals surface area contributed by atoms with Crippen molar-refractivity contribution in [1.29, 1.82) is 0 Å². The third-order valence-corrected chi connectivity index (χ3v) is 4.23. The molecule has 0 radical (unpaired) electrons. The van der Waals surface area contributed by atoms with E-state index in [4.69, 9.17) is 4.74 Å². The van der Waals surface area contributed by atoms with Crippen LogP contribution in [0.15, 0.2) is 0 Å². The van der Waals surface area contributed by atoms with Crippen LogP contribution in [-0.4, -0.2) is 36.0 Å². The first-order valence-corrected chi connectivity index (χ1v) is 8.57. The summed E-state index contributed by atoms with van der Waals surface area (Å²) in [5.41, 5.74) is 0. The molecule has 21 heavy (non-hydrogen) atoms. The maximum atomic E-state index is 12.0. The van der Waals surface area contributed by atoms with Gasteiger partial charge in [-0.05, 0) is 18.8 Å². The van der Waals surface area contributed by atoms with Crippen molar-refractivity contribution in [2.45, 2.75) is 78.2 Å². The van der Waals surface area contributed by atoms with E-state index in [-0.39, 0.29) is 18.0 Å². The maximum Gasteiger partial charge on any atom is 0.306 e. The summed E-state index contributed by atoms with van der Waals surface area (Å²) in [5.74, 6) is 0.552. The predicted molar refractivity (Wildman–Crippen MR) is 83.9 cm³/mol. The second-order valence-electron chi connectivity index (χ2n) is 6.13. The SMILES string of the molecule is CCCCC(=O)OC1CC(=O)N(CC(CC)CCCC)C1. The second kappa shape index (κ2) is 9.80. The summed E-state index contributed by atoms with van der Waals surface area (Å²) in [7, 11) is 0. The average molecular weight is 297 g/mol. The van der Waals surface area contributed by atoms with Crippen molar-refractivity contribution in [3.8, 4) is 0 Å². The van der Waals surface area contributed by atoms with Crippen molar-refractivity contribution in [3.63, 3.8) is 0 Å². The highest BCUT2D eigenvalue weighted by molar-refractivity contribution is 5.80. The van der Waals surface area contributed by atoms with Gasteiger partial charge >= 0.3 is 5.97 Å². The first kappa shape index (κ1) is 18.0. The van der Waals surface area contributed by atoms with Crippen LogP contribution in [0.1, 0.15) is 72.1 Å². The van der Waals surface area contributed by atoms with Crippen LogP contribution in [0.4, 0.5) is 0 Å². The average Bonchev–Trinajstić information content (AvgIpc) is 2.80. The van der Waals surface area contributed by atoms with Crippen molar-refractivity contribution < 1.29 is 14.3 Å². The number of carbonyl (C=O) groups is 2. The number of rotatable bonds is 10. The van der Waals surface area contributed by atoms with E-state index in [9.17, 15) is 9.59 Å². The monoisotopic (exact) mass is 297 g/mol. The summed E-state index contributed by atoms with van der Waals surface area (Å²) in [6.07, 6.45) is 7.14. The van der Waals surface area contributed by atoms with Gasteiger partial charge in [-0.25, -0.2) is 0 Å². The van der Waals surface area contributed by atoms with Crippen molar-refractivity contribution >= 4 is 11.9 Å². The molecule has 0 aromatic rings. The van der Waals surface area contributed by atoms with Crippen LogP contribution >= 0.6 is 0 Å². The molecule has 122 valence electrons. The molecule has 0 N–H and O–H groups in total. The van der Waals surface area contributed by atoms with E-state index in [1.807, 2.05) is 4.90 Å². The van der Waals surface area contributed by atoms with Gasteiger partial charge in [0.15, 0.2) is 0 Å². The molecule has 2 unspecified atom stereocenters. The third-order valence-electron chi connectivity index (χ3n) is 4.23. The molecule has 4 heteroatoms. The summed E-state index contributed by atoms with van der Waals surface area (Å²) in [6.45, 7) is 7.83. The van der Waals surface area contributed by atoms with Crippen LogP contribution in [0.2, 0.25) is 0 Å². The molecule has 1 saturated heterocycles. The molecule has 0 bridgehead atoms. The topological polar surface area (TPSA) is 46.6 Å². The van der Waals surface area contributed by atoms with Gasteiger partial charge in [-0.2, -0.15) is 0 Å². The van der Waals surface area contributed by atoms with Gasteiger partial charge in [0.25, 0.3) is 0 Å². The standard InChI is InChI=1S/C17H31NO3/c1-4-7-9-14(6-3)12-18-13-15(11-16(18)19)21-17(20)10-8-5-2/h14-15H,4-13H2,1-3H3. The van der Waals surface area contributed by atoms with Crippen LogP contribution in [0.5, 0.6) is 0 Å². The van der Waals surface area contributed by atoms with Gasteiger partial charge in [0.05, 0.1) is 13.0 Å². The molecule has 2 atom stereocenters.